The van der Waals surface area contributed by atoms with E-state index in [9.17, 15) is 9.59 Å². The third kappa shape index (κ3) is 5.18. The van der Waals surface area contributed by atoms with Crippen molar-refractivity contribution >= 4 is 17.9 Å². The fraction of sp³-hybridized carbons (Fsp3) is 0.385. The first kappa shape index (κ1) is 20.4. The minimum Gasteiger partial charge on any atom is -0.349 e. The van der Waals surface area contributed by atoms with Gasteiger partial charge in [0.05, 0.1) is 6.04 Å². The summed E-state index contributed by atoms with van der Waals surface area (Å²) in [5.41, 5.74) is 3.45. The van der Waals surface area contributed by atoms with E-state index in [0.717, 1.165) is 18.4 Å². The van der Waals surface area contributed by atoms with Crippen LogP contribution in [0.1, 0.15) is 48.4 Å². The molecule has 156 valence electrons. The predicted octanol–water partition coefficient (Wildman–Crippen LogP) is 4.51. The molecule has 1 unspecified atom stereocenters. The molecule has 0 radical (unpaired) electrons. The molecular weight excluding hydrogens is 372 g/mol. The smallest absolute Gasteiger partial charge is 0.246 e. The van der Waals surface area contributed by atoms with Crippen molar-refractivity contribution in [1.29, 1.82) is 0 Å². The molecule has 2 aromatic carbocycles. The lowest BCUT2D eigenvalue weighted by molar-refractivity contribution is -0.132. The second-order valence-electron chi connectivity index (χ2n) is 8.58. The van der Waals surface area contributed by atoms with Crippen molar-refractivity contribution in [2.24, 2.45) is 11.8 Å². The van der Waals surface area contributed by atoms with Gasteiger partial charge in [-0.2, -0.15) is 0 Å². The van der Waals surface area contributed by atoms with Gasteiger partial charge in [-0.1, -0.05) is 60.2 Å². The average Bonchev–Trinajstić information content (AvgIpc) is 3.62. The van der Waals surface area contributed by atoms with Crippen LogP contribution in [-0.2, 0) is 9.59 Å². The Morgan fingerprint density at radius 3 is 2.27 bits per heavy atom. The lowest BCUT2D eigenvalue weighted by atomic mass is 9.94. The molecule has 2 aliphatic rings. The van der Waals surface area contributed by atoms with Gasteiger partial charge in [0.15, 0.2) is 0 Å². The zero-order valence-electron chi connectivity index (χ0n) is 17.6. The monoisotopic (exact) mass is 402 g/mol. The van der Waals surface area contributed by atoms with Crippen LogP contribution in [0.4, 0.5) is 0 Å². The molecule has 1 heterocycles. The first-order valence-electron chi connectivity index (χ1n) is 11.0. The van der Waals surface area contributed by atoms with Gasteiger partial charge in [-0.25, -0.2) is 0 Å². The third-order valence-corrected chi connectivity index (χ3v) is 6.22. The lowest BCUT2D eigenvalue weighted by Crippen LogP contribution is -2.43. The van der Waals surface area contributed by atoms with Gasteiger partial charge < -0.3 is 10.2 Å². The number of hydrogen-bond donors (Lipinski definition) is 1. The fourth-order valence-corrected chi connectivity index (χ4v) is 4.15. The number of hydrogen-bond acceptors (Lipinski definition) is 2. The molecule has 0 spiro atoms. The van der Waals surface area contributed by atoms with Crippen molar-refractivity contribution in [1.82, 2.24) is 10.2 Å². The minimum atomic E-state index is -0.0150. The molecule has 4 rings (SSSR count). The zero-order valence-corrected chi connectivity index (χ0v) is 17.6. The Labute approximate surface area is 179 Å². The second kappa shape index (κ2) is 9.29. The number of carbonyl (C=O) groups excluding carboxylic acids is 2. The van der Waals surface area contributed by atoms with Crippen LogP contribution < -0.4 is 5.32 Å². The predicted molar refractivity (Wildman–Crippen MR) is 120 cm³/mol. The van der Waals surface area contributed by atoms with Gasteiger partial charge in [0.2, 0.25) is 11.8 Å². The summed E-state index contributed by atoms with van der Waals surface area (Å²) in [6, 6.07) is 18.5. The topological polar surface area (TPSA) is 49.4 Å². The summed E-state index contributed by atoms with van der Waals surface area (Å²) >= 11 is 0. The molecule has 2 amide bonds. The van der Waals surface area contributed by atoms with Gasteiger partial charge in [-0.05, 0) is 55.7 Å². The molecule has 1 N–H and O–H groups in total. The molecule has 4 nitrogen and oxygen atoms in total. The van der Waals surface area contributed by atoms with Gasteiger partial charge in [0.1, 0.15) is 0 Å². The van der Waals surface area contributed by atoms with E-state index >= 15 is 0 Å². The highest BCUT2D eigenvalue weighted by Crippen LogP contribution is 2.41. The van der Waals surface area contributed by atoms with Gasteiger partial charge >= 0.3 is 0 Å². The van der Waals surface area contributed by atoms with Crippen LogP contribution in [0.5, 0.6) is 0 Å². The van der Waals surface area contributed by atoms with Crippen molar-refractivity contribution in [2.75, 3.05) is 13.1 Å². The maximum atomic E-state index is 12.9. The minimum absolute atomic E-state index is 0.0150. The Hall–Kier alpha value is -2.88. The summed E-state index contributed by atoms with van der Waals surface area (Å²) < 4.78 is 0. The van der Waals surface area contributed by atoms with E-state index in [0.29, 0.717) is 19.0 Å². The van der Waals surface area contributed by atoms with E-state index in [1.807, 2.05) is 41.3 Å². The summed E-state index contributed by atoms with van der Waals surface area (Å²) in [5.74, 6) is 0.702. The fourth-order valence-electron chi connectivity index (χ4n) is 4.15. The maximum absolute atomic E-state index is 12.9. The Morgan fingerprint density at radius 1 is 0.967 bits per heavy atom. The van der Waals surface area contributed by atoms with Crippen LogP contribution in [0.15, 0.2) is 60.7 Å². The molecular formula is C26H30N2O2. The summed E-state index contributed by atoms with van der Waals surface area (Å²) in [4.78, 5) is 27.3. The molecule has 4 heteroatoms. The Balaban J connectivity index is 1.30. The number of likely N-dealkylation sites (tertiary alicyclic amines) is 1. The highest BCUT2D eigenvalue weighted by atomic mass is 16.2. The SMILES string of the molecule is Cc1ccc(C(NC(=O)C2CCN(C(=O)/C=C/c3ccccc3)CC2)C2CC2)cc1. The lowest BCUT2D eigenvalue weighted by Gasteiger charge is -2.32. The number of amides is 2. The van der Waals surface area contributed by atoms with Crippen molar-refractivity contribution < 1.29 is 9.59 Å². The van der Waals surface area contributed by atoms with Crippen LogP contribution in [0.2, 0.25) is 0 Å². The van der Waals surface area contributed by atoms with E-state index in [-0.39, 0.29) is 23.8 Å². The van der Waals surface area contributed by atoms with Gasteiger partial charge in [-0.3, -0.25) is 9.59 Å². The first-order chi connectivity index (χ1) is 14.6. The molecule has 1 aliphatic carbocycles. The molecule has 2 aromatic rings. The van der Waals surface area contributed by atoms with Crippen LogP contribution in [-0.4, -0.2) is 29.8 Å². The standard InChI is InChI=1S/C26H30N2O2/c1-19-7-10-21(11-8-19)25(22-12-13-22)27-26(30)23-15-17-28(18-16-23)24(29)14-9-20-5-3-2-4-6-20/h2-11,14,22-23,25H,12-13,15-18H2,1H3,(H,27,30)/b14-9+. The van der Waals surface area contributed by atoms with Gasteiger partial charge in [-0.15, -0.1) is 0 Å². The van der Waals surface area contributed by atoms with E-state index < -0.39 is 0 Å². The van der Waals surface area contributed by atoms with Crippen molar-refractivity contribution in [3.05, 3.63) is 77.4 Å². The van der Waals surface area contributed by atoms with E-state index in [1.54, 1.807) is 6.08 Å². The molecule has 0 bridgehead atoms. The number of benzene rings is 2. The Kier molecular flexibility index (Phi) is 6.32. The van der Waals surface area contributed by atoms with Crippen molar-refractivity contribution in [2.45, 2.75) is 38.6 Å². The summed E-state index contributed by atoms with van der Waals surface area (Å²) in [7, 11) is 0. The Morgan fingerprint density at radius 2 is 1.63 bits per heavy atom. The van der Waals surface area contributed by atoms with Crippen LogP contribution in [0.25, 0.3) is 6.08 Å². The molecule has 30 heavy (non-hydrogen) atoms. The van der Waals surface area contributed by atoms with Gasteiger partial charge in [0, 0.05) is 25.1 Å². The van der Waals surface area contributed by atoms with Crippen molar-refractivity contribution in [3.63, 3.8) is 0 Å². The zero-order chi connectivity index (χ0) is 20.9. The molecule has 1 saturated carbocycles. The number of piperidine rings is 1. The van der Waals surface area contributed by atoms with Crippen LogP contribution in [0.3, 0.4) is 0 Å². The molecule has 0 aromatic heterocycles. The quantitative estimate of drug-likeness (QED) is 0.723. The third-order valence-electron chi connectivity index (χ3n) is 6.22. The summed E-state index contributed by atoms with van der Waals surface area (Å²) in [6.07, 6.45) is 7.29. The largest absolute Gasteiger partial charge is 0.349 e. The normalized spacial score (nSPS) is 18.4. The van der Waals surface area contributed by atoms with Crippen LogP contribution in [0, 0.1) is 18.8 Å². The van der Waals surface area contributed by atoms with Crippen molar-refractivity contribution in [3.8, 4) is 0 Å². The molecule has 2 fully saturated rings. The van der Waals surface area contributed by atoms with E-state index in [1.165, 1.54) is 24.0 Å². The average molecular weight is 403 g/mol. The highest BCUT2D eigenvalue weighted by molar-refractivity contribution is 5.92. The van der Waals surface area contributed by atoms with Crippen LogP contribution >= 0.6 is 0 Å². The maximum Gasteiger partial charge on any atom is 0.246 e. The number of rotatable bonds is 6. The van der Waals surface area contributed by atoms with E-state index in [2.05, 4.69) is 36.5 Å². The summed E-state index contributed by atoms with van der Waals surface area (Å²) in [5, 5.41) is 3.32. The van der Waals surface area contributed by atoms with E-state index in [4.69, 9.17) is 0 Å². The molecule has 1 aliphatic heterocycles. The summed E-state index contributed by atoms with van der Waals surface area (Å²) in [6.45, 7) is 3.35. The van der Waals surface area contributed by atoms with Gasteiger partial charge in [0.25, 0.3) is 0 Å². The molecule has 1 atom stereocenters. The Bertz CT molecular complexity index is 892. The molecule has 1 saturated heterocycles. The second-order valence-corrected chi connectivity index (χ2v) is 8.58. The number of aryl methyl sites for hydroxylation is 1. The number of nitrogens with zero attached hydrogens (tertiary/aromatic N) is 1. The number of carbonyl (C=O) groups is 2. The first-order valence-corrected chi connectivity index (χ1v) is 11.0. The number of nitrogens with one attached hydrogen (secondary N) is 1. The highest BCUT2D eigenvalue weighted by Gasteiger charge is 2.35.